The molecule has 2 heteroatoms. The van der Waals surface area contributed by atoms with Crippen LogP contribution in [0.5, 0.6) is 0 Å². The summed E-state index contributed by atoms with van der Waals surface area (Å²) >= 11 is 0. The molecule has 2 rings (SSSR count). The van der Waals surface area contributed by atoms with Crippen molar-refractivity contribution in [2.45, 2.75) is 52.1 Å². The molecule has 0 saturated heterocycles. The molecule has 86 valence electrons. The predicted molar refractivity (Wildman–Crippen MR) is 59.4 cm³/mol. The number of fused-ring (bicyclic) bond motifs is 1. The molecular weight excluding hydrogens is 188 g/mol. The Labute approximate surface area is 92.1 Å². The fraction of sp³-hybridized carbons (Fsp3) is 0.923. The summed E-state index contributed by atoms with van der Waals surface area (Å²) in [5.41, 5.74) is 0.220. The Morgan fingerprint density at radius 1 is 1.40 bits per heavy atom. The van der Waals surface area contributed by atoms with Crippen LogP contribution in [0.4, 0.5) is 0 Å². The van der Waals surface area contributed by atoms with Crippen LogP contribution in [0, 0.1) is 23.2 Å². The average Bonchev–Trinajstić information content (AvgIpc) is 2.56. The van der Waals surface area contributed by atoms with Gasteiger partial charge in [-0.15, -0.1) is 0 Å². The summed E-state index contributed by atoms with van der Waals surface area (Å²) in [5.74, 6) is 1.10. The predicted octanol–water partition coefficient (Wildman–Crippen LogP) is 2.40. The lowest BCUT2D eigenvalue weighted by Gasteiger charge is -2.44. The van der Waals surface area contributed by atoms with Crippen LogP contribution in [0.25, 0.3) is 0 Å². The molecular formula is C13H22O2. The molecule has 1 N–H and O–H groups in total. The van der Waals surface area contributed by atoms with Gasteiger partial charge < -0.3 is 9.90 Å². The third kappa shape index (κ3) is 1.63. The van der Waals surface area contributed by atoms with Gasteiger partial charge in [-0.2, -0.15) is 0 Å². The molecule has 0 aliphatic heterocycles. The van der Waals surface area contributed by atoms with Crippen molar-refractivity contribution in [1.82, 2.24) is 0 Å². The van der Waals surface area contributed by atoms with Gasteiger partial charge in [0.05, 0.1) is 6.10 Å². The topological polar surface area (TPSA) is 37.3 Å². The van der Waals surface area contributed by atoms with Crippen LogP contribution in [0.3, 0.4) is 0 Å². The van der Waals surface area contributed by atoms with Crippen molar-refractivity contribution >= 4 is 6.29 Å². The van der Waals surface area contributed by atoms with Gasteiger partial charge in [-0.05, 0) is 42.9 Å². The molecule has 0 amide bonds. The average molecular weight is 210 g/mol. The Morgan fingerprint density at radius 3 is 2.80 bits per heavy atom. The van der Waals surface area contributed by atoms with E-state index in [1.54, 1.807) is 0 Å². The molecule has 0 radical (unpaired) electrons. The number of aldehydes is 1. The minimum absolute atomic E-state index is 0.118. The maximum absolute atomic E-state index is 10.9. The quantitative estimate of drug-likeness (QED) is 0.711. The largest absolute Gasteiger partial charge is 0.393 e. The van der Waals surface area contributed by atoms with Gasteiger partial charge in [-0.1, -0.05) is 20.3 Å². The van der Waals surface area contributed by atoms with Crippen LogP contribution in [-0.4, -0.2) is 17.5 Å². The maximum Gasteiger partial charge on any atom is 0.123 e. The first-order valence-electron chi connectivity index (χ1n) is 6.23. The van der Waals surface area contributed by atoms with Gasteiger partial charge in [0.1, 0.15) is 6.29 Å². The molecule has 2 saturated carbocycles. The Hall–Kier alpha value is -0.370. The Bertz CT molecular complexity index is 251. The first-order chi connectivity index (χ1) is 7.09. The van der Waals surface area contributed by atoms with E-state index in [2.05, 4.69) is 6.92 Å². The molecule has 5 atom stereocenters. The summed E-state index contributed by atoms with van der Waals surface area (Å²) in [6, 6.07) is 0. The van der Waals surface area contributed by atoms with E-state index in [4.69, 9.17) is 0 Å². The minimum Gasteiger partial charge on any atom is -0.393 e. The summed E-state index contributed by atoms with van der Waals surface area (Å²) in [4.78, 5) is 10.9. The molecule has 2 aliphatic carbocycles. The minimum atomic E-state index is -0.118. The molecule has 0 heterocycles. The van der Waals surface area contributed by atoms with E-state index in [1.165, 1.54) is 6.42 Å². The van der Waals surface area contributed by atoms with Gasteiger partial charge in [0, 0.05) is 5.92 Å². The standard InChI is InChI=1S/C13H22O2/c1-9(8-14)10-5-6-11-12(15)4-3-7-13(10,11)2/h8-12,15H,3-7H2,1-2H3/t9?,10-,11+,12+,13-/m1/s1. The summed E-state index contributed by atoms with van der Waals surface area (Å²) in [5, 5.41) is 10.0. The number of carbonyl (C=O) groups is 1. The lowest BCUT2D eigenvalue weighted by molar-refractivity contribution is -0.114. The van der Waals surface area contributed by atoms with Gasteiger partial charge in [-0.25, -0.2) is 0 Å². The van der Waals surface area contributed by atoms with Crippen molar-refractivity contribution in [2.24, 2.45) is 23.2 Å². The third-order valence-corrected chi connectivity index (χ3v) is 5.01. The van der Waals surface area contributed by atoms with Gasteiger partial charge >= 0.3 is 0 Å². The van der Waals surface area contributed by atoms with Crippen LogP contribution >= 0.6 is 0 Å². The van der Waals surface area contributed by atoms with Crippen LogP contribution in [0.1, 0.15) is 46.0 Å². The summed E-state index contributed by atoms with van der Waals surface area (Å²) in [6.07, 6.45) is 6.49. The number of hydrogen-bond acceptors (Lipinski definition) is 2. The number of aliphatic hydroxyl groups excluding tert-OH is 1. The molecule has 2 aliphatic rings. The number of carbonyl (C=O) groups excluding carboxylic acids is 1. The van der Waals surface area contributed by atoms with Gasteiger partial charge in [-0.3, -0.25) is 0 Å². The highest BCUT2D eigenvalue weighted by Gasteiger charge is 2.52. The van der Waals surface area contributed by atoms with Crippen molar-refractivity contribution < 1.29 is 9.90 Å². The molecule has 2 fully saturated rings. The van der Waals surface area contributed by atoms with Crippen molar-refractivity contribution in [3.63, 3.8) is 0 Å². The summed E-state index contributed by atoms with van der Waals surface area (Å²) in [7, 11) is 0. The zero-order chi connectivity index (χ0) is 11.1. The highest BCUT2D eigenvalue weighted by atomic mass is 16.3. The van der Waals surface area contributed by atoms with Crippen LogP contribution in [0.15, 0.2) is 0 Å². The smallest absolute Gasteiger partial charge is 0.123 e. The summed E-state index contributed by atoms with van der Waals surface area (Å²) in [6.45, 7) is 4.32. The maximum atomic E-state index is 10.9. The highest BCUT2D eigenvalue weighted by molar-refractivity contribution is 5.53. The van der Waals surface area contributed by atoms with Crippen molar-refractivity contribution in [3.05, 3.63) is 0 Å². The van der Waals surface area contributed by atoms with E-state index in [-0.39, 0.29) is 17.4 Å². The second kappa shape index (κ2) is 3.89. The van der Waals surface area contributed by atoms with Crippen LogP contribution in [0.2, 0.25) is 0 Å². The van der Waals surface area contributed by atoms with Crippen molar-refractivity contribution in [3.8, 4) is 0 Å². The number of rotatable bonds is 2. The molecule has 2 nitrogen and oxygen atoms in total. The highest BCUT2D eigenvalue weighted by Crippen LogP contribution is 2.57. The Balaban J connectivity index is 2.20. The lowest BCUT2D eigenvalue weighted by atomic mass is 9.62. The van der Waals surface area contributed by atoms with E-state index < -0.39 is 0 Å². The van der Waals surface area contributed by atoms with Crippen molar-refractivity contribution in [1.29, 1.82) is 0 Å². The lowest BCUT2D eigenvalue weighted by Crippen LogP contribution is -2.41. The van der Waals surface area contributed by atoms with Gasteiger partial charge in [0.2, 0.25) is 0 Å². The van der Waals surface area contributed by atoms with E-state index in [1.807, 2.05) is 6.92 Å². The molecule has 0 aromatic carbocycles. The first kappa shape index (κ1) is 11.1. The normalized spacial score (nSPS) is 47.3. The monoisotopic (exact) mass is 210 g/mol. The third-order valence-electron chi connectivity index (χ3n) is 5.01. The second-order valence-electron chi connectivity index (χ2n) is 5.75. The molecule has 1 unspecified atom stereocenters. The van der Waals surface area contributed by atoms with E-state index in [0.29, 0.717) is 11.8 Å². The SMILES string of the molecule is CC(C=O)[C@H]1CC[C@H]2[C@@H](O)CCC[C@]12C. The zero-order valence-electron chi connectivity index (χ0n) is 9.78. The Morgan fingerprint density at radius 2 is 2.13 bits per heavy atom. The van der Waals surface area contributed by atoms with Gasteiger partial charge in [0.25, 0.3) is 0 Å². The molecule has 0 aromatic heterocycles. The van der Waals surface area contributed by atoms with E-state index in [0.717, 1.165) is 32.0 Å². The van der Waals surface area contributed by atoms with Gasteiger partial charge in [0.15, 0.2) is 0 Å². The van der Waals surface area contributed by atoms with Crippen LogP contribution < -0.4 is 0 Å². The molecule has 0 bridgehead atoms. The van der Waals surface area contributed by atoms with E-state index in [9.17, 15) is 9.90 Å². The number of hydrogen-bond donors (Lipinski definition) is 1. The molecule has 0 spiro atoms. The fourth-order valence-electron chi connectivity index (χ4n) is 4.15. The molecule has 0 aromatic rings. The number of aliphatic hydroxyl groups is 1. The zero-order valence-corrected chi connectivity index (χ0v) is 9.78. The Kier molecular flexibility index (Phi) is 2.89. The van der Waals surface area contributed by atoms with E-state index >= 15 is 0 Å². The summed E-state index contributed by atoms with van der Waals surface area (Å²) < 4.78 is 0. The fourth-order valence-corrected chi connectivity index (χ4v) is 4.15. The molecule has 15 heavy (non-hydrogen) atoms. The first-order valence-corrected chi connectivity index (χ1v) is 6.23. The second-order valence-corrected chi connectivity index (χ2v) is 5.75. The van der Waals surface area contributed by atoms with Crippen LogP contribution in [-0.2, 0) is 4.79 Å². The van der Waals surface area contributed by atoms with Crippen molar-refractivity contribution in [2.75, 3.05) is 0 Å².